The van der Waals surface area contributed by atoms with Crippen LogP contribution in [0.4, 0.5) is 0 Å². The van der Waals surface area contributed by atoms with E-state index in [2.05, 4.69) is 10.0 Å². The van der Waals surface area contributed by atoms with E-state index in [9.17, 15) is 13.2 Å². The van der Waals surface area contributed by atoms with Crippen LogP contribution < -0.4 is 14.8 Å². The Morgan fingerprint density at radius 1 is 0.967 bits per heavy atom. The quantitative estimate of drug-likeness (QED) is 0.653. The Kier molecular flexibility index (Phi) is 5.32. The summed E-state index contributed by atoms with van der Waals surface area (Å²) in [5, 5.41) is 3.06. The molecular weight excluding hydrogens is 400 g/mol. The number of hydrogen-bond acceptors (Lipinski definition) is 4. The van der Waals surface area contributed by atoms with Gasteiger partial charge in [0.1, 0.15) is 11.5 Å². The molecule has 1 heterocycles. The summed E-state index contributed by atoms with van der Waals surface area (Å²) >= 11 is 0. The first-order valence-electron chi connectivity index (χ1n) is 9.67. The molecule has 7 heteroatoms. The molecule has 0 unspecified atom stereocenters. The van der Waals surface area contributed by atoms with Crippen molar-refractivity contribution >= 4 is 15.9 Å². The molecule has 0 spiro atoms. The number of para-hydroxylation sites is 2. The number of benzene rings is 3. The van der Waals surface area contributed by atoms with E-state index in [0.29, 0.717) is 22.6 Å². The molecule has 0 bridgehead atoms. The Balaban J connectivity index is 1.72. The van der Waals surface area contributed by atoms with E-state index in [1.54, 1.807) is 19.9 Å². The van der Waals surface area contributed by atoms with Gasteiger partial charge in [0.15, 0.2) is 0 Å². The molecule has 0 aromatic heterocycles. The number of sulfonamides is 1. The highest BCUT2D eigenvalue weighted by molar-refractivity contribution is 7.89. The maximum atomic E-state index is 13.2. The van der Waals surface area contributed by atoms with Crippen LogP contribution in [-0.4, -0.2) is 20.9 Å². The van der Waals surface area contributed by atoms with Gasteiger partial charge in [-0.05, 0) is 36.8 Å². The monoisotopic (exact) mass is 422 g/mol. The highest BCUT2D eigenvalue weighted by atomic mass is 32.2. The zero-order chi connectivity index (χ0) is 21.3. The van der Waals surface area contributed by atoms with E-state index in [4.69, 9.17) is 4.74 Å². The summed E-state index contributed by atoms with van der Waals surface area (Å²) in [6, 6.07) is 19.2. The maximum absolute atomic E-state index is 13.2. The molecule has 0 saturated carbocycles. The van der Waals surface area contributed by atoms with Gasteiger partial charge in [0.25, 0.3) is 5.91 Å². The summed E-state index contributed by atoms with van der Waals surface area (Å²) in [6.45, 7) is 3.76. The third kappa shape index (κ3) is 3.69. The lowest BCUT2D eigenvalue weighted by atomic mass is 9.94. The van der Waals surface area contributed by atoms with Gasteiger partial charge in [0, 0.05) is 23.2 Å². The van der Waals surface area contributed by atoms with Gasteiger partial charge in [-0.25, -0.2) is 13.1 Å². The highest BCUT2D eigenvalue weighted by Gasteiger charge is 2.29. The van der Waals surface area contributed by atoms with Crippen molar-refractivity contribution < 1.29 is 17.9 Å². The molecule has 3 aromatic carbocycles. The lowest BCUT2D eigenvalue weighted by Crippen LogP contribution is -2.32. The van der Waals surface area contributed by atoms with Gasteiger partial charge in [0.05, 0.1) is 10.9 Å². The van der Waals surface area contributed by atoms with Crippen molar-refractivity contribution in [3.05, 3.63) is 89.0 Å². The maximum Gasteiger partial charge on any atom is 0.252 e. The summed E-state index contributed by atoms with van der Waals surface area (Å²) in [5.41, 5.74) is 2.70. The number of carbonyl (C=O) groups is 1. The van der Waals surface area contributed by atoms with Crippen molar-refractivity contribution in [2.24, 2.45) is 0 Å². The number of amides is 1. The summed E-state index contributed by atoms with van der Waals surface area (Å²) < 4.78 is 33.2. The Morgan fingerprint density at radius 3 is 2.17 bits per heavy atom. The second-order valence-corrected chi connectivity index (χ2v) is 8.83. The molecule has 1 aliphatic rings. The number of carbonyl (C=O) groups excluding carboxylic acids is 1. The Hall–Kier alpha value is -3.16. The lowest BCUT2D eigenvalue weighted by molar-refractivity contribution is 0.0940. The summed E-state index contributed by atoms with van der Waals surface area (Å²) in [4.78, 5) is 13.3. The summed E-state index contributed by atoms with van der Waals surface area (Å²) in [7, 11) is -3.66. The van der Waals surface area contributed by atoms with E-state index < -0.39 is 16.1 Å². The Morgan fingerprint density at radius 2 is 1.57 bits per heavy atom. The van der Waals surface area contributed by atoms with Gasteiger partial charge in [-0.3, -0.25) is 4.79 Å². The zero-order valence-electron chi connectivity index (χ0n) is 16.7. The summed E-state index contributed by atoms with van der Waals surface area (Å²) in [5.74, 6) is 1.01. The third-order valence-corrected chi connectivity index (χ3v) is 6.60. The Bertz CT molecular complexity index is 1180. The first-order chi connectivity index (χ1) is 14.4. The van der Waals surface area contributed by atoms with Gasteiger partial charge in [-0.1, -0.05) is 49.4 Å². The fourth-order valence-electron chi connectivity index (χ4n) is 3.56. The van der Waals surface area contributed by atoms with Crippen LogP contribution in [0.2, 0.25) is 0 Å². The number of aryl methyl sites for hydroxylation is 1. The minimum Gasteiger partial charge on any atom is -0.457 e. The smallest absolute Gasteiger partial charge is 0.252 e. The van der Waals surface area contributed by atoms with Crippen molar-refractivity contribution in [3.63, 3.8) is 0 Å². The minimum absolute atomic E-state index is 0.0628. The number of rotatable bonds is 5. The molecule has 0 saturated heterocycles. The second kappa shape index (κ2) is 7.93. The fourth-order valence-corrected chi connectivity index (χ4v) is 4.63. The van der Waals surface area contributed by atoms with Crippen molar-refractivity contribution in [1.82, 2.24) is 10.0 Å². The minimum atomic E-state index is -3.66. The SMILES string of the molecule is CCNS(=O)(=O)c1ccc(C)c(C(=O)NC2c3ccccc3Oc3ccccc32)c1. The van der Waals surface area contributed by atoms with Crippen LogP contribution in [0, 0.1) is 6.92 Å². The van der Waals surface area contributed by atoms with Gasteiger partial charge >= 0.3 is 0 Å². The molecule has 6 nitrogen and oxygen atoms in total. The Labute approximate surface area is 176 Å². The van der Waals surface area contributed by atoms with E-state index in [1.165, 1.54) is 12.1 Å². The number of fused-ring (bicyclic) bond motifs is 2. The normalized spacial score (nSPS) is 13.1. The molecular formula is C23H22N2O4S. The topological polar surface area (TPSA) is 84.5 Å². The fraction of sp³-hybridized carbons (Fsp3) is 0.174. The van der Waals surface area contributed by atoms with Crippen LogP contribution in [-0.2, 0) is 10.0 Å². The van der Waals surface area contributed by atoms with Gasteiger partial charge in [0.2, 0.25) is 10.0 Å². The van der Waals surface area contributed by atoms with Crippen LogP contribution >= 0.6 is 0 Å². The first kappa shape index (κ1) is 20.1. The highest BCUT2D eigenvalue weighted by Crippen LogP contribution is 2.42. The molecule has 0 fully saturated rings. The molecule has 1 amide bonds. The number of ether oxygens (including phenoxy) is 1. The second-order valence-electron chi connectivity index (χ2n) is 7.06. The van der Waals surface area contributed by atoms with Crippen molar-refractivity contribution in [2.75, 3.05) is 6.54 Å². The van der Waals surface area contributed by atoms with Crippen molar-refractivity contribution in [3.8, 4) is 11.5 Å². The molecule has 30 heavy (non-hydrogen) atoms. The molecule has 1 aliphatic heterocycles. The molecule has 2 N–H and O–H groups in total. The van der Waals surface area contributed by atoms with Gasteiger partial charge in [-0.2, -0.15) is 0 Å². The van der Waals surface area contributed by atoms with Crippen LogP contribution in [0.15, 0.2) is 71.6 Å². The van der Waals surface area contributed by atoms with Crippen LogP contribution in [0.25, 0.3) is 0 Å². The molecule has 0 aliphatic carbocycles. The standard InChI is InChI=1S/C23H22N2O4S/c1-3-24-30(27,28)16-13-12-15(2)19(14-16)23(26)25-22-17-8-4-6-10-20(17)29-21-11-7-5-9-18(21)22/h4-14,22,24H,3H2,1-2H3,(H,25,26). The van der Waals surface area contributed by atoms with E-state index >= 15 is 0 Å². The van der Waals surface area contributed by atoms with Crippen LogP contribution in [0.3, 0.4) is 0 Å². The average Bonchev–Trinajstić information content (AvgIpc) is 2.73. The van der Waals surface area contributed by atoms with Crippen LogP contribution in [0.5, 0.6) is 11.5 Å². The predicted octanol–water partition coefficient (Wildman–Crippen LogP) is 3.92. The first-order valence-corrected chi connectivity index (χ1v) is 11.2. The van der Waals surface area contributed by atoms with E-state index in [0.717, 1.165) is 11.1 Å². The lowest BCUT2D eigenvalue weighted by Gasteiger charge is -2.29. The number of nitrogens with one attached hydrogen (secondary N) is 2. The molecule has 3 aromatic rings. The zero-order valence-corrected chi connectivity index (χ0v) is 17.5. The largest absolute Gasteiger partial charge is 0.457 e. The molecule has 154 valence electrons. The van der Waals surface area contributed by atoms with Gasteiger partial charge < -0.3 is 10.1 Å². The predicted molar refractivity (Wildman–Crippen MR) is 114 cm³/mol. The summed E-state index contributed by atoms with van der Waals surface area (Å²) in [6.07, 6.45) is 0. The molecule has 0 atom stereocenters. The van der Waals surface area contributed by atoms with E-state index in [-0.39, 0.29) is 17.3 Å². The number of hydrogen-bond donors (Lipinski definition) is 2. The van der Waals surface area contributed by atoms with Gasteiger partial charge in [-0.15, -0.1) is 0 Å². The van der Waals surface area contributed by atoms with Crippen molar-refractivity contribution in [1.29, 1.82) is 0 Å². The van der Waals surface area contributed by atoms with E-state index in [1.807, 2.05) is 48.5 Å². The average molecular weight is 423 g/mol. The van der Waals surface area contributed by atoms with Crippen LogP contribution in [0.1, 0.15) is 40.0 Å². The molecule has 4 rings (SSSR count). The van der Waals surface area contributed by atoms with Crippen molar-refractivity contribution in [2.45, 2.75) is 24.8 Å². The molecule has 0 radical (unpaired) electrons. The third-order valence-electron chi connectivity index (χ3n) is 5.05.